The van der Waals surface area contributed by atoms with E-state index in [1.807, 2.05) is 0 Å². The van der Waals surface area contributed by atoms with E-state index in [0.717, 1.165) is 0 Å². The van der Waals surface area contributed by atoms with Gasteiger partial charge in [0.15, 0.2) is 5.76 Å². The summed E-state index contributed by atoms with van der Waals surface area (Å²) in [5.41, 5.74) is 1.55. The van der Waals surface area contributed by atoms with Gasteiger partial charge >= 0.3 is 6.16 Å². The molecular formula is C19H17NO6. The van der Waals surface area contributed by atoms with Gasteiger partial charge in [0.1, 0.15) is 18.1 Å². The second kappa shape index (κ2) is 6.87. The number of methoxy groups -OCH3 is 1. The molecule has 0 saturated heterocycles. The summed E-state index contributed by atoms with van der Waals surface area (Å²) >= 11 is 0. The lowest BCUT2D eigenvalue weighted by atomic mass is 9.96. The molecule has 3 rings (SSSR count). The fourth-order valence-corrected chi connectivity index (χ4v) is 2.84. The van der Waals surface area contributed by atoms with Crippen LogP contribution in [0.25, 0.3) is 0 Å². The summed E-state index contributed by atoms with van der Waals surface area (Å²) in [5, 5.41) is 0. The zero-order valence-corrected chi connectivity index (χ0v) is 14.6. The summed E-state index contributed by atoms with van der Waals surface area (Å²) in [6.07, 6.45) is 0.267. The highest BCUT2D eigenvalue weighted by Crippen LogP contribution is 2.30. The predicted octanol–water partition coefficient (Wildman–Crippen LogP) is 2.96. The zero-order chi connectivity index (χ0) is 18.8. The highest BCUT2D eigenvalue weighted by Gasteiger charge is 2.34. The van der Waals surface area contributed by atoms with E-state index in [2.05, 4.69) is 0 Å². The summed E-state index contributed by atoms with van der Waals surface area (Å²) < 4.78 is 16.8. The molecule has 0 atom stereocenters. The molecule has 0 fully saturated rings. The summed E-state index contributed by atoms with van der Waals surface area (Å²) in [7, 11) is 3.00. The van der Waals surface area contributed by atoms with Crippen molar-refractivity contribution in [2.24, 2.45) is 7.05 Å². The molecule has 0 unspecified atom stereocenters. The van der Waals surface area contributed by atoms with Gasteiger partial charge in [-0.05, 0) is 19.1 Å². The largest absolute Gasteiger partial charge is 0.514 e. The van der Waals surface area contributed by atoms with Gasteiger partial charge in [-0.2, -0.15) is 0 Å². The summed E-state index contributed by atoms with van der Waals surface area (Å²) in [5.74, 6) is -0.442. The zero-order valence-electron chi connectivity index (χ0n) is 14.6. The number of fused-ring (bicyclic) bond motifs is 1. The number of aromatic nitrogens is 1. The van der Waals surface area contributed by atoms with Crippen LogP contribution in [0, 0.1) is 6.92 Å². The quantitative estimate of drug-likeness (QED) is 0.619. The average molecular weight is 355 g/mol. The number of carbonyl (C=O) groups is 3. The number of carbonyl (C=O) groups excluding carboxylic acids is 3. The molecule has 0 amide bonds. The topological polar surface area (TPSA) is 83.8 Å². The van der Waals surface area contributed by atoms with Crippen LogP contribution in [0.3, 0.4) is 0 Å². The Morgan fingerprint density at radius 2 is 1.85 bits per heavy atom. The molecule has 2 aromatic rings. The fraction of sp³-hybridized carbons (Fsp3) is 0.211. The molecule has 1 aromatic heterocycles. The third kappa shape index (κ3) is 2.99. The Hall–Kier alpha value is -3.35. The van der Waals surface area contributed by atoms with Crippen molar-refractivity contribution in [3.05, 3.63) is 64.7 Å². The van der Waals surface area contributed by atoms with Crippen molar-refractivity contribution in [1.29, 1.82) is 0 Å². The molecule has 1 aliphatic carbocycles. The van der Waals surface area contributed by atoms with Gasteiger partial charge in [-0.15, -0.1) is 0 Å². The average Bonchev–Trinajstić information content (AvgIpc) is 2.89. The van der Waals surface area contributed by atoms with Gasteiger partial charge in [0, 0.05) is 24.4 Å². The van der Waals surface area contributed by atoms with E-state index in [-0.39, 0.29) is 29.4 Å². The second-order valence-electron chi connectivity index (χ2n) is 5.71. The summed E-state index contributed by atoms with van der Waals surface area (Å²) in [6.45, 7) is 1.54. The fourth-order valence-electron chi connectivity index (χ4n) is 2.84. The minimum atomic E-state index is -0.898. The van der Waals surface area contributed by atoms with E-state index in [1.165, 1.54) is 13.2 Å². The molecule has 7 nitrogen and oxygen atoms in total. The van der Waals surface area contributed by atoms with E-state index in [1.54, 1.807) is 48.9 Å². The number of para-hydroxylation sites is 1. The molecule has 1 heterocycles. The van der Waals surface area contributed by atoms with Crippen LogP contribution in [0.15, 0.2) is 42.2 Å². The molecule has 0 bridgehead atoms. The molecule has 0 radical (unpaired) electrons. The maximum atomic E-state index is 12.6. The Morgan fingerprint density at radius 1 is 1.15 bits per heavy atom. The van der Waals surface area contributed by atoms with Gasteiger partial charge in [0.2, 0.25) is 11.6 Å². The van der Waals surface area contributed by atoms with Crippen molar-refractivity contribution < 1.29 is 28.6 Å². The van der Waals surface area contributed by atoms with Crippen molar-refractivity contribution in [1.82, 2.24) is 4.57 Å². The normalized spacial score (nSPS) is 13.1. The van der Waals surface area contributed by atoms with E-state index < -0.39 is 11.9 Å². The number of ketones is 2. The maximum Gasteiger partial charge on any atom is 0.514 e. The lowest BCUT2D eigenvalue weighted by Gasteiger charge is -2.13. The Kier molecular flexibility index (Phi) is 4.62. The van der Waals surface area contributed by atoms with E-state index >= 15 is 0 Å². The lowest BCUT2D eigenvalue weighted by Crippen LogP contribution is -2.20. The van der Waals surface area contributed by atoms with Gasteiger partial charge < -0.3 is 18.8 Å². The molecule has 0 saturated carbocycles. The third-order valence-electron chi connectivity index (χ3n) is 4.26. The second-order valence-corrected chi connectivity index (χ2v) is 5.71. The number of allylic oxidation sites excluding steroid dienone is 2. The first-order chi connectivity index (χ1) is 12.4. The van der Waals surface area contributed by atoms with Crippen LogP contribution in [0.4, 0.5) is 4.79 Å². The van der Waals surface area contributed by atoms with Gasteiger partial charge in [-0.3, -0.25) is 9.59 Å². The molecular weight excluding hydrogens is 338 g/mol. The molecule has 7 heteroatoms. The highest BCUT2D eigenvalue weighted by molar-refractivity contribution is 6.24. The number of nitrogens with zero attached hydrogens (tertiary/aromatic N) is 1. The molecule has 0 aliphatic heterocycles. The first-order valence-electron chi connectivity index (χ1n) is 7.86. The van der Waals surface area contributed by atoms with Crippen molar-refractivity contribution in [3.8, 4) is 5.75 Å². The van der Waals surface area contributed by atoms with E-state index in [4.69, 9.17) is 14.2 Å². The molecule has 134 valence electrons. The van der Waals surface area contributed by atoms with Crippen LogP contribution < -0.4 is 4.74 Å². The van der Waals surface area contributed by atoms with Gasteiger partial charge in [-0.1, -0.05) is 18.2 Å². The van der Waals surface area contributed by atoms with Crippen LogP contribution >= 0.6 is 0 Å². The molecule has 0 spiro atoms. The van der Waals surface area contributed by atoms with Gasteiger partial charge in [0.25, 0.3) is 0 Å². The van der Waals surface area contributed by atoms with Crippen LogP contribution in [0.2, 0.25) is 0 Å². The molecule has 26 heavy (non-hydrogen) atoms. The van der Waals surface area contributed by atoms with Crippen molar-refractivity contribution >= 4 is 17.7 Å². The van der Waals surface area contributed by atoms with E-state index in [9.17, 15) is 14.4 Å². The van der Waals surface area contributed by atoms with Crippen molar-refractivity contribution in [2.75, 3.05) is 7.11 Å². The van der Waals surface area contributed by atoms with Crippen LogP contribution in [0.1, 0.15) is 32.1 Å². The minimum absolute atomic E-state index is 0.0405. The smallest absolute Gasteiger partial charge is 0.492 e. The molecule has 0 N–H and O–H groups in total. The highest BCUT2D eigenvalue weighted by atomic mass is 16.7. The number of hydrogen-bond acceptors (Lipinski definition) is 6. The standard InChI is InChI=1S/C19H17NO6/c1-11-13(10-25-19(23)26-12-7-5-4-6-8-12)16-17(20(11)2)14(21)9-15(24-3)18(16)22/h4-9H,10H2,1-3H3. The number of ether oxygens (including phenoxy) is 3. The van der Waals surface area contributed by atoms with Crippen LogP contribution in [0.5, 0.6) is 5.75 Å². The maximum absolute atomic E-state index is 12.6. The van der Waals surface area contributed by atoms with Crippen molar-refractivity contribution in [2.45, 2.75) is 13.5 Å². The Labute approximate surface area is 149 Å². The first kappa shape index (κ1) is 17.5. The molecule has 1 aliphatic rings. The predicted molar refractivity (Wildman–Crippen MR) is 91.2 cm³/mol. The Bertz CT molecular complexity index is 923. The lowest BCUT2D eigenvalue weighted by molar-refractivity contribution is 0.0880. The van der Waals surface area contributed by atoms with Crippen LogP contribution in [-0.4, -0.2) is 29.4 Å². The summed E-state index contributed by atoms with van der Waals surface area (Å²) in [6, 6.07) is 8.48. The molecule has 1 aromatic carbocycles. The number of rotatable bonds is 4. The van der Waals surface area contributed by atoms with Gasteiger partial charge in [0.05, 0.1) is 12.7 Å². The summed E-state index contributed by atoms with van der Waals surface area (Å²) in [4.78, 5) is 36.8. The van der Waals surface area contributed by atoms with E-state index in [0.29, 0.717) is 17.0 Å². The third-order valence-corrected chi connectivity index (χ3v) is 4.26. The number of hydrogen-bond donors (Lipinski definition) is 0. The number of benzene rings is 1. The van der Waals surface area contributed by atoms with Gasteiger partial charge in [-0.25, -0.2) is 4.79 Å². The first-order valence-corrected chi connectivity index (χ1v) is 7.86. The monoisotopic (exact) mass is 355 g/mol. The Balaban J connectivity index is 1.84. The van der Waals surface area contributed by atoms with Crippen molar-refractivity contribution in [3.63, 3.8) is 0 Å². The van der Waals surface area contributed by atoms with Crippen LogP contribution in [-0.2, 0) is 23.1 Å². The number of Topliss-reactive ketones (excluding diaryl/α,β-unsaturated/α-hetero) is 1. The minimum Gasteiger partial charge on any atom is -0.492 e. The Morgan fingerprint density at radius 3 is 2.50 bits per heavy atom. The SMILES string of the molecule is COC1=CC(=O)c2c(c(COC(=O)Oc3ccccc3)c(C)n2C)C1=O.